The Labute approximate surface area is 123 Å². The van der Waals surface area contributed by atoms with Crippen LogP contribution in [0.4, 0.5) is 4.39 Å². The molecule has 1 N–H and O–H groups in total. The molecule has 0 saturated carbocycles. The molecule has 0 unspecified atom stereocenters. The Morgan fingerprint density at radius 2 is 2.05 bits per heavy atom. The summed E-state index contributed by atoms with van der Waals surface area (Å²) in [6.45, 7) is 0.367. The number of alkyl halides is 1. The Bertz CT molecular complexity index is 534. The van der Waals surface area contributed by atoms with Gasteiger partial charge < -0.3 is 9.84 Å². The maximum atomic E-state index is 13.1. The van der Waals surface area contributed by atoms with E-state index in [4.69, 9.17) is 4.52 Å². The number of benzene rings is 1. The highest BCUT2D eigenvalue weighted by molar-refractivity contribution is 5.85. The number of aryl methyl sites for hydroxylation is 2. The Hall–Kier alpha value is -1.46. The lowest BCUT2D eigenvalue weighted by molar-refractivity contribution is 0.322. The summed E-state index contributed by atoms with van der Waals surface area (Å²) in [7, 11) is 0. The smallest absolute Gasteiger partial charge is 0.243 e. The standard InChI is InChI=1S/C14H16FN3O.ClH/c15-11-8-12(16-9-11)14-17-13(18-19-14)7-6-10-4-2-1-3-5-10;/h1-5,11-12,16H,6-9H2;1H/t11-,12+;/m0./s1. The number of rotatable bonds is 4. The van der Waals surface area contributed by atoms with Gasteiger partial charge in [0.2, 0.25) is 5.89 Å². The van der Waals surface area contributed by atoms with E-state index < -0.39 is 6.17 Å². The molecule has 1 saturated heterocycles. The first-order valence-corrected chi connectivity index (χ1v) is 6.55. The minimum atomic E-state index is -0.815. The summed E-state index contributed by atoms with van der Waals surface area (Å²) in [5.41, 5.74) is 1.25. The third kappa shape index (κ3) is 3.55. The molecule has 0 aliphatic carbocycles. The third-order valence-electron chi connectivity index (χ3n) is 3.34. The molecule has 1 aromatic heterocycles. The van der Waals surface area contributed by atoms with E-state index >= 15 is 0 Å². The normalized spacial score (nSPS) is 21.6. The SMILES string of the molecule is Cl.F[C@@H]1CN[C@@H](c2nc(CCc3ccccc3)no2)C1. The fraction of sp³-hybridized carbons (Fsp3) is 0.429. The molecule has 1 aromatic carbocycles. The third-order valence-corrected chi connectivity index (χ3v) is 3.34. The van der Waals surface area contributed by atoms with Crippen molar-refractivity contribution in [2.75, 3.05) is 6.54 Å². The lowest BCUT2D eigenvalue weighted by atomic mass is 10.1. The molecule has 2 heterocycles. The van der Waals surface area contributed by atoms with Crippen molar-refractivity contribution in [3.63, 3.8) is 0 Å². The molecule has 6 heteroatoms. The number of halogens is 2. The summed E-state index contributed by atoms with van der Waals surface area (Å²) in [4.78, 5) is 4.33. The largest absolute Gasteiger partial charge is 0.338 e. The van der Waals surface area contributed by atoms with Crippen LogP contribution >= 0.6 is 12.4 Å². The van der Waals surface area contributed by atoms with Crippen LogP contribution < -0.4 is 5.32 Å². The molecule has 108 valence electrons. The minimum Gasteiger partial charge on any atom is -0.338 e. The Morgan fingerprint density at radius 1 is 1.25 bits per heavy atom. The van der Waals surface area contributed by atoms with Gasteiger partial charge in [-0.1, -0.05) is 35.5 Å². The van der Waals surface area contributed by atoms with Gasteiger partial charge >= 0.3 is 0 Å². The van der Waals surface area contributed by atoms with Gasteiger partial charge in [-0.05, 0) is 12.0 Å². The predicted octanol–water partition coefficient (Wildman–Crippen LogP) is 2.65. The number of hydrogen-bond donors (Lipinski definition) is 1. The number of hydrogen-bond acceptors (Lipinski definition) is 4. The maximum Gasteiger partial charge on any atom is 0.243 e. The number of aromatic nitrogens is 2. The second-order valence-corrected chi connectivity index (χ2v) is 4.83. The van der Waals surface area contributed by atoms with Gasteiger partial charge in [-0.2, -0.15) is 4.98 Å². The second-order valence-electron chi connectivity index (χ2n) is 4.83. The van der Waals surface area contributed by atoms with E-state index in [-0.39, 0.29) is 18.4 Å². The van der Waals surface area contributed by atoms with Crippen molar-refractivity contribution >= 4 is 12.4 Å². The Balaban J connectivity index is 0.00000147. The van der Waals surface area contributed by atoms with Gasteiger partial charge in [0.25, 0.3) is 0 Å². The zero-order valence-electron chi connectivity index (χ0n) is 11.0. The molecule has 2 atom stereocenters. The van der Waals surface area contributed by atoms with Crippen molar-refractivity contribution in [3.05, 3.63) is 47.6 Å². The van der Waals surface area contributed by atoms with Crippen LogP contribution in [0.1, 0.15) is 29.7 Å². The van der Waals surface area contributed by atoms with Crippen LogP contribution in [0.5, 0.6) is 0 Å². The van der Waals surface area contributed by atoms with Gasteiger partial charge in [0.1, 0.15) is 6.17 Å². The minimum absolute atomic E-state index is 0. The van der Waals surface area contributed by atoms with Crippen LogP contribution in [-0.4, -0.2) is 22.9 Å². The van der Waals surface area contributed by atoms with Crippen molar-refractivity contribution in [1.29, 1.82) is 0 Å². The van der Waals surface area contributed by atoms with E-state index in [1.807, 2.05) is 18.2 Å². The molecule has 0 bridgehead atoms. The first-order chi connectivity index (χ1) is 9.31. The highest BCUT2D eigenvalue weighted by Gasteiger charge is 2.29. The van der Waals surface area contributed by atoms with Crippen molar-refractivity contribution in [3.8, 4) is 0 Å². The zero-order valence-corrected chi connectivity index (χ0v) is 11.8. The molecule has 2 aromatic rings. The van der Waals surface area contributed by atoms with Crippen LogP contribution in [0.25, 0.3) is 0 Å². The van der Waals surface area contributed by atoms with Crippen molar-refractivity contribution < 1.29 is 8.91 Å². The predicted molar refractivity (Wildman–Crippen MR) is 75.7 cm³/mol. The van der Waals surface area contributed by atoms with Gasteiger partial charge in [-0.3, -0.25) is 0 Å². The molecule has 0 spiro atoms. The summed E-state index contributed by atoms with van der Waals surface area (Å²) in [6.07, 6.45) is 1.22. The van der Waals surface area contributed by atoms with Crippen molar-refractivity contribution in [1.82, 2.24) is 15.5 Å². The fourth-order valence-corrected chi connectivity index (χ4v) is 2.29. The Kier molecular flexibility index (Phi) is 5.09. The highest BCUT2D eigenvalue weighted by atomic mass is 35.5. The van der Waals surface area contributed by atoms with Crippen LogP contribution in [-0.2, 0) is 12.8 Å². The van der Waals surface area contributed by atoms with Gasteiger partial charge in [-0.15, -0.1) is 12.4 Å². The lowest BCUT2D eigenvalue weighted by Gasteiger charge is -2.01. The molecule has 1 fully saturated rings. The van der Waals surface area contributed by atoms with E-state index in [0.717, 1.165) is 12.8 Å². The zero-order chi connectivity index (χ0) is 13.1. The van der Waals surface area contributed by atoms with Crippen molar-refractivity contribution in [2.45, 2.75) is 31.5 Å². The van der Waals surface area contributed by atoms with Gasteiger partial charge in [-0.25, -0.2) is 4.39 Å². The topological polar surface area (TPSA) is 51.0 Å². The summed E-state index contributed by atoms with van der Waals surface area (Å²) in [5, 5.41) is 6.99. The summed E-state index contributed by atoms with van der Waals surface area (Å²) in [5.74, 6) is 1.19. The first kappa shape index (κ1) is 14.9. The maximum absolute atomic E-state index is 13.1. The molecule has 0 radical (unpaired) electrons. The first-order valence-electron chi connectivity index (χ1n) is 6.55. The monoisotopic (exact) mass is 297 g/mol. The fourth-order valence-electron chi connectivity index (χ4n) is 2.29. The second kappa shape index (κ2) is 6.81. The average molecular weight is 298 g/mol. The number of nitrogens with zero attached hydrogens (tertiary/aromatic N) is 2. The van der Waals surface area contributed by atoms with Gasteiger partial charge in [0.15, 0.2) is 5.82 Å². The molecule has 1 aliphatic rings. The van der Waals surface area contributed by atoms with Crippen LogP contribution in [0.2, 0.25) is 0 Å². The molecule has 0 amide bonds. The van der Waals surface area contributed by atoms with Crippen molar-refractivity contribution in [2.24, 2.45) is 0 Å². The molecular weight excluding hydrogens is 281 g/mol. The van der Waals surface area contributed by atoms with Gasteiger partial charge in [0.05, 0.1) is 6.04 Å². The van der Waals surface area contributed by atoms with Crippen LogP contribution in [0.15, 0.2) is 34.9 Å². The quantitative estimate of drug-likeness (QED) is 0.942. The van der Waals surface area contributed by atoms with E-state index in [9.17, 15) is 4.39 Å². The summed E-state index contributed by atoms with van der Waals surface area (Å²) < 4.78 is 18.3. The van der Waals surface area contributed by atoms with E-state index in [1.54, 1.807) is 0 Å². The Morgan fingerprint density at radius 3 is 2.75 bits per heavy atom. The van der Waals surface area contributed by atoms with Crippen LogP contribution in [0, 0.1) is 0 Å². The molecular formula is C14H17ClFN3O. The van der Waals surface area contributed by atoms with E-state index in [2.05, 4.69) is 27.6 Å². The highest BCUT2D eigenvalue weighted by Crippen LogP contribution is 2.23. The summed E-state index contributed by atoms with van der Waals surface area (Å²) in [6, 6.07) is 10.0. The van der Waals surface area contributed by atoms with E-state index in [1.165, 1.54) is 5.56 Å². The lowest BCUT2D eigenvalue weighted by Crippen LogP contribution is -2.14. The molecule has 3 rings (SSSR count). The summed E-state index contributed by atoms with van der Waals surface area (Å²) >= 11 is 0. The average Bonchev–Trinajstić information content (AvgIpc) is 3.06. The molecule has 1 aliphatic heterocycles. The van der Waals surface area contributed by atoms with Crippen LogP contribution in [0.3, 0.4) is 0 Å². The number of nitrogens with one attached hydrogen (secondary N) is 1. The molecule has 20 heavy (non-hydrogen) atoms. The molecule has 4 nitrogen and oxygen atoms in total. The van der Waals surface area contributed by atoms with E-state index in [0.29, 0.717) is 24.7 Å². The van der Waals surface area contributed by atoms with Gasteiger partial charge in [0, 0.05) is 19.4 Å².